The lowest BCUT2D eigenvalue weighted by Gasteiger charge is -2.27. The van der Waals surface area contributed by atoms with Crippen LogP contribution >= 0.6 is 0 Å². The average Bonchev–Trinajstić information content (AvgIpc) is 2.28. The van der Waals surface area contributed by atoms with Gasteiger partial charge in [-0.3, -0.25) is 0 Å². The second kappa shape index (κ2) is 5.92. The Balaban J connectivity index is 2.79. The number of likely N-dealkylation sites (N-methyl/N-ethyl adjacent to an activating group) is 1. The van der Waals surface area contributed by atoms with Gasteiger partial charge in [0.25, 0.3) is 0 Å². The highest BCUT2D eigenvalue weighted by Crippen LogP contribution is 2.30. The molecule has 0 spiro atoms. The first-order valence-corrected chi connectivity index (χ1v) is 6.03. The molecule has 0 fully saturated rings. The van der Waals surface area contributed by atoms with Crippen molar-refractivity contribution in [1.29, 1.82) is 0 Å². The van der Waals surface area contributed by atoms with E-state index in [-0.39, 0.29) is 5.60 Å². The molecule has 17 heavy (non-hydrogen) atoms. The molecule has 96 valence electrons. The molecule has 0 aromatic heterocycles. The van der Waals surface area contributed by atoms with Crippen LogP contribution in [0.1, 0.15) is 26.3 Å². The van der Waals surface area contributed by atoms with Crippen LogP contribution in [-0.2, 0) is 0 Å². The maximum absolute atomic E-state index is 5.99. The number of methoxy groups -OCH3 is 1. The topological polar surface area (TPSA) is 30.5 Å². The fraction of sp³-hybridized carbons (Fsp3) is 0.571. The second-order valence-electron chi connectivity index (χ2n) is 4.80. The Hall–Kier alpha value is -1.22. The third-order valence-corrected chi connectivity index (χ3v) is 2.51. The van der Waals surface area contributed by atoms with E-state index in [1.807, 2.05) is 25.1 Å². The SMILES string of the molecule is CCNCC(C)(C)Oc1ccc(C)cc1OC. The van der Waals surface area contributed by atoms with Crippen molar-refractivity contribution in [3.05, 3.63) is 23.8 Å². The molecule has 0 saturated carbocycles. The molecule has 0 atom stereocenters. The largest absolute Gasteiger partial charge is 0.493 e. The van der Waals surface area contributed by atoms with E-state index in [1.165, 1.54) is 5.56 Å². The monoisotopic (exact) mass is 237 g/mol. The summed E-state index contributed by atoms with van der Waals surface area (Å²) in [6, 6.07) is 5.97. The van der Waals surface area contributed by atoms with Crippen LogP contribution in [0.5, 0.6) is 11.5 Å². The molecule has 0 unspecified atom stereocenters. The molecule has 0 radical (unpaired) electrons. The van der Waals surface area contributed by atoms with E-state index in [9.17, 15) is 0 Å². The average molecular weight is 237 g/mol. The number of hydrogen-bond acceptors (Lipinski definition) is 3. The van der Waals surface area contributed by atoms with Crippen molar-refractivity contribution >= 4 is 0 Å². The van der Waals surface area contributed by atoms with Gasteiger partial charge < -0.3 is 14.8 Å². The third kappa shape index (κ3) is 4.27. The molecule has 0 heterocycles. The highest BCUT2D eigenvalue weighted by molar-refractivity contribution is 5.42. The Bertz CT molecular complexity index is 361. The van der Waals surface area contributed by atoms with Gasteiger partial charge in [-0.25, -0.2) is 0 Å². The van der Waals surface area contributed by atoms with Crippen LogP contribution < -0.4 is 14.8 Å². The van der Waals surface area contributed by atoms with Crippen molar-refractivity contribution in [3.8, 4) is 11.5 Å². The summed E-state index contributed by atoms with van der Waals surface area (Å²) >= 11 is 0. The molecular formula is C14H23NO2. The summed E-state index contributed by atoms with van der Waals surface area (Å²) in [5, 5.41) is 3.29. The lowest BCUT2D eigenvalue weighted by molar-refractivity contribution is 0.104. The van der Waals surface area contributed by atoms with Crippen molar-refractivity contribution in [2.75, 3.05) is 20.2 Å². The van der Waals surface area contributed by atoms with Gasteiger partial charge in [-0.15, -0.1) is 0 Å². The number of aryl methyl sites for hydroxylation is 1. The van der Waals surface area contributed by atoms with Crippen LogP contribution in [-0.4, -0.2) is 25.8 Å². The predicted octanol–water partition coefficient (Wildman–Crippen LogP) is 2.77. The van der Waals surface area contributed by atoms with Gasteiger partial charge in [0.1, 0.15) is 5.60 Å². The van der Waals surface area contributed by atoms with E-state index in [2.05, 4.69) is 26.1 Å². The van der Waals surface area contributed by atoms with Crippen molar-refractivity contribution in [3.63, 3.8) is 0 Å². The van der Waals surface area contributed by atoms with Gasteiger partial charge in [0.05, 0.1) is 7.11 Å². The summed E-state index contributed by atoms with van der Waals surface area (Å²) in [5.41, 5.74) is 0.914. The minimum Gasteiger partial charge on any atom is -0.493 e. The summed E-state index contributed by atoms with van der Waals surface area (Å²) in [6.45, 7) is 10.0. The molecule has 3 nitrogen and oxygen atoms in total. The molecule has 1 N–H and O–H groups in total. The normalized spacial score (nSPS) is 11.4. The number of benzene rings is 1. The van der Waals surface area contributed by atoms with Gasteiger partial charge in [0, 0.05) is 6.54 Å². The van der Waals surface area contributed by atoms with Crippen molar-refractivity contribution in [1.82, 2.24) is 5.32 Å². The molecule has 1 aromatic carbocycles. The van der Waals surface area contributed by atoms with Crippen LogP contribution in [0.2, 0.25) is 0 Å². The summed E-state index contributed by atoms with van der Waals surface area (Å²) in [4.78, 5) is 0. The molecule has 0 saturated heterocycles. The van der Waals surface area contributed by atoms with Gasteiger partial charge in [-0.2, -0.15) is 0 Å². The lowest BCUT2D eigenvalue weighted by Crippen LogP contribution is -2.40. The zero-order chi connectivity index (χ0) is 12.9. The predicted molar refractivity (Wildman–Crippen MR) is 71.0 cm³/mol. The number of rotatable bonds is 6. The molecule has 0 aliphatic carbocycles. The van der Waals surface area contributed by atoms with E-state index in [1.54, 1.807) is 7.11 Å². The van der Waals surface area contributed by atoms with Gasteiger partial charge in [0.2, 0.25) is 0 Å². The minimum atomic E-state index is -0.251. The Labute approximate surface area is 104 Å². The Morgan fingerprint density at radius 2 is 1.94 bits per heavy atom. The Morgan fingerprint density at radius 3 is 2.53 bits per heavy atom. The highest BCUT2D eigenvalue weighted by atomic mass is 16.5. The standard InChI is InChI=1S/C14H23NO2/c1-6-15-10-14(3,4)17-12-8-7-11(2)9-13(12)16-5/h7-9,15H,6,10H2,1-5H3. The van der Waals surface area contributed by atoms with E-state index >= 15 is 0 Å². The molecule has 0 aliphatic rings. The van der Waals surface area contributed by atoms with Crippen LogP contribution in [0, 0.1) is 6.92 Å². The summed E-state index contributed by atoms with van der Waals surface area (Å²) in [6.07, 6.45) is 0. The van der Waals surface area contributed by atoms with Crippen LogP contribution in [0.15, 0.2) is 18.2 Å². The van der Waals surface area contributed by atoms with Gasteiger partial charge in [-0.05, 0) is 45.0 Å². The first-order valence-electron chi connectivity index (χ1n) is 6.03. The fourth-order valence-corrected chi connectivity index (χ4v) is 1.62. The van der Waals surface area contributed by atoms with Crippen molar-refractivity contribution in [2.45, 2.75) is 33.3 Å². The maximum atomic E-state index is 5.99. The minimum absolute atomic E-state index is 0.251. The molecule has 3 heteroatoms. The number of nitrogens with one attached hydrogen (secondary N) is 1. The highest BCUT2D eigenvalue weighted by Gasteiger charge is 2.20. The zero-order valence-electron chi connectivity index (χ0n) is 11.5. The summed E-state index contributed by atoms with van der Waals surface area (Å²) < 4.78 is 11.3. The van der Waals surface area contributed by atoms with E-state index in [0.29, 0.717) is 0 Å². The first-order chi connectivity index (χ1) is 7.98. The zero-order valence-corrected chi connectivity index (χ0v) is 11.5. The van der Waals surface area contributed by atoms with Crippen molar-refractivity contribution in [2.24, 2.45) is 0 Å². The summed E-state index contributed by atoms with van der Waals surface area (Å²) in [7, 11) is 1.67. The molecule has 0 aliphatic heterocycles. The van der Waals surface area contributed by atoms with Gasteiger partial charge in [-0.1, -0.05) is 13.0 Å². The summed E-state index contributed by atoms with van der Waals surface area (Å²) in [5.74, 6) is 1.58. The lowest BCUT2D eigenvalue weighted by atomic mass is 10.1. The molecular weight excluding hydrogens is 214 g/mol. The van der Waals surface area contributed by atoms with Gasteiger partial charge in [0.15, 0.2) is 11.5 Å². The first kappa shape index (κ1) is 13.8. The maximum Gasteiger partial charge on any atom is 0.162 e. The molecule has 0 amide bonds. The number of ether oxygens (including phenoxy) is 2. The van der Waals surface area contributed by atoms with Gasteiger partial charge >= 0.3 is 0 Å². The van der Waals surface area contributed by atoms with Crippen LogP contribution in [0.3, 0.4) is 0 Å². The Kier molecular flexibility index (Phi) is 4.82. The van der Waals surface area contributed by atoms with Crippen LogP contribution in [0.4, 0.5) is 0 Å². The second-order valence-corrected chi connectivity index (χ2v) is 4.80. The third-order valence-electron chi connectivity index (χ3n) is 2.51. The molecule has 0 bridgehead atoms. The smallest absolute Gasteiger partial charge is 0.162 e. The van der Waals surface area contributed by atoms with Crippen molar-refractivity contribution < 1.29 is 9.47 Å². The molecule has 1 aromatic rings. The van der Waals surface area contributed by atoms with E-state index in [4.69, 9.17) is 9.47 Å². The number of hydrogen-bond donors (Lipinski definition) is 1. The van der Waals surface area contributed by atoms with E-state index < -0.39 is 0 Å². The Morgan fingerprint density at radius 1 is 1.24 bits per heavy atom. The van der Waals surface area contributed by atoms with Crippen LogP contribution in [0.25, 0.3) is 0 Å². The fourth-order valence-electron chi connectivity index (χ4n) is 1.62. The van der Waals surface area contributed by atoms with E-state index in [0.717, 1.165) is 24.6 Å². The molecule has 1 rings (SSSR count). The quantitative estimate of drug-likeness (QED) is 0.825.